The summed E-state index contributed by atoms with van der Waals surface area (Å²) in [5, 5.41) is 2.63. The molecule has 0 aliphatic carbocycles. The van der Waals surface area contributed by atoms with Gasteiger partial charge in [0.2, 0.25) is 0 Å². The summed E-state index contributed by atoms with van der Waals surface area (Å²) in [7, 11) is 1.60. The number of carbonyl (C=O) groups is 2. The van der Waals surface area contributed by atoms with Crippen molar-refractivity contribution in [3.63, 3.8) is 0 Å². The van der Waals surface area contributed by atoms with Crippen LogP contribution in [0.2, 0.25) is 25.1 Å². The minimum absolute atomic E-state index is 0.0781. The van der Waals surface area contributed by atoms with Crippen LogP contribution in [0.5, 0.6) is 5.75 Å². The second kappa shape index (κ2) is 19.7. The molecule has 2 fully saturated rings. The highest BCUT2D eigenvalue weighted by Crippen LogP contribution is 2.50. The standard InChI is InChI=1S/C27H25Cl2FN2O2.C26H22Cl3FN2O/c1-34-21-6-3-19(4-7-21)26(33)32-17-27(22-15-20(30)5-9-25(22)32)10-12-31(13-11-27)16-18-2-8-23(28)24(29)14-18;27-21-4-2-1-3-19(21)25(33)32-16-26(20-14-18(30)6-8-24(20)32)9-11-31(12-10-26)15-17-5-7-22(28)23(29)13-17/h2-9,14-15H,10-13,16-17H2,1H3;1-8,13-14H,9-12,15-16H2. The Kier molecular flexibility index (Phi) is 13.9. The zero-order valence-corrected chi connectivity index (χ0v) is 40.5. The molecular weight excluding hydrogens is 956 g/mol. The Morgan fingerprint density at radius 1 is 0.537 bits per heavy atom. The van der Waals surface area contributed by atoms with Crippen molar-refractivity contribution in [2.45, 2.75) is 49.6 Å². The van der Waals surface area contributed by atoms with Crippen molar-refractivity contribution >= 4 is 81.2 Å². The van der Waals surface area contributed by atoms with Crippen LogP contribution in [-0.4, -0.2) is 68.0 Å². The van der Waals surface area contributed by atoms with Gasteiger partial charge in [0, 0.05) is 53.9 Å². The van der Waals surface area contributed by atoms with Crippen molar-refractivity contribution < 1.29 is 23.1 Å². The van der Waals surface area contributed by atoms with E-state index in [9.17, 15) is 18.4 Å². The molecule has 346 valence electrons. The highest BCUT2D eigenvalue weighted by Gasteiger charge is 2.48. The number of rotatable bonds is 7. The summed E-state index contributed by atoms with van der Waals surface area (Å²) in [6.07, 6.45) is 3.35. The molecule has 10 rings (SSSR count). The van der Waals surface area contributed by atoms with Gasteiger partial charge < -0.3 is 14.5 Å². The number of nitrogens with zero attached hydrogens (tertiary/aromatic N) is 4. The number of fused-ring (bicyclic) bond motifs is 4. The van der Waals surface area contributed by atoms with E-state index in [4.69, 9.17) is 62.7 Å². The fraction of sp³-hybridized carbons (Fsp3) is 0.283. The highest BCUT2D eigenvalue weighted by atomic mass is 35.5. The van der Waals surface area contributed by atoms with Crippen LogP contribution in [0, 0.1) is 11.6 Å². The molecule has 2 saturated heterocycles. The molecule has 4 heterocycles. The average Bonchev–Trinajstić information content (AvgIpc) is 3.81. The maximum atomic E-state index is 14.3. The number of anilines is 2. The van der Waals surface area contributed by atoms with Gasteiger partial charge in [-0.3, -0.25) is 19.4 Å². The van der Waals surface area contributed by atoms with E-state index in [1.165, 1.54) is 12.1 Å². The average molecular weight is 1000 g/mol. The van der Waals surface area contributed by atoms with Crippen molar-refractivity contribution in [2.24, 2.45) is 0 Å². The Balaban J connectivity index is 0.000000168. The predicted molar refractivity (Wildman–Crippen MR) is 266 cm³/mol. The minimum atomic E-state index is -0.279. The van der Waals surface area contributed by atoms with Crippen LogP contribution in [0.1, 0.15) is 68.7 Å². The van der Waals surface area contributed by atoms with Gasteiger partial charge >= 0.3 is 0 Å². The van der Waals surface area contributed by atoms with Gasteiger partial charge in [-0.2, -0.15) is 0 Å². The molecule has 2 amide bonds. The molecule has 0 N–H and O–H groups in total. The number of halogens is 7. The molecular formula is C53H47Cl5F2N4O3. The van der Waals surface area contributed by atoms with Gasteiger partial charge in [0.05, 0.1) is 37.8 Å². The number of hydrogen-bond acceptors (Lipinski definition) is 5. The molecule has 7 nitrogen and oxygen atoms in total. The van der Waals surface area contributed by atoms with Gasteiger partial charge in [-0.05, 0) is 171 Å². The zero-order chi connectivity index (χ0) is 47.0. The SMILES string of the molecule is COc1ccc(C(=O)N2CC3(CCN(Cc4ccc(Cl)c(Cl)c4)CC3)c3cc(F)ccc32)cc1.O=C(c1ccccc1Cl)N1CC2(CCN(Cc3ccc(Cl)c(Cl)c3)CC2)c2cc(F)ccc21. The summed E-state index contributed by atoms with van der Waals surface area (Å²) in [5.41, 5.74) is 6.16. The molecule has 0 bridgehead atoms. The van der Waals surface area contributed by atoms with Crippen LogP contribution in [0.4, 0.5) is 20.2 Å². The quantitative estimate of drug-likeness (QED) is 0.159. The van der Waals surface area contributed by atoms with Crippen LogP contribution < -0.4 is 14.5 Å². The number of carbonyl (C=O) groups excluding carboxylic acids is 2. The first-order chi connectivity index (χ1) is 32.2. The van der Waals surface area contributed by atoms with E-state index in [0.717, 1.165) is 98.6 Å². The van der Waals surface area contributed by atoms with Crippen LogP contribution >= 0.6 is 58.0 Å². The maximum Gasteiger partial charge on any atom is 0.259 e. The third-order valence-electron chi connectivity index (χ3n) is 13.9. The summed E-state index contributed by atoms with van der Waals surface area (Å²) in [5.74, 6) is -0.0750. The lowest BCUT2D eigenvalue weighted by Gasteiger charge is -2.40. The van der Waals surface area contributed by atoms with E-state index in [-0.39, 0.29) is 34.3 Å². The summed E-state index contributed by atoms with van der Waals surface area (Å²) >= 11 is 30.8. The second-order valence-corrected chi connectivity index (χ2v) is 20.0. The molecule has 0 atom stereocenters. The fourth-order valence-corrected chi connectivity index (χ4v) is 11.1. The molecule has 4 aliphatic rings. The Labute approximate surface area is 414 Å². The Morgan fingerprint density at radius 3 is 1.45 bits per heavy atom. The third-order valence-corrected chi connectivity index (χ3v) is 15.7. The number of methoxy groups -OCH3 is 1. The number of ether oxygens (including phenoxy) is 1. The van der Waals surface area contributed by atoms with Gasteiger partial charge in [-0.25, -0.2) is 8.78 Å². The van der Waals surface area contributed by atoms with Crippen molar-refractivity contribution in [1.82, 2.24) is 9.80 Å². The number of amides is 2. The molecule has 14 heteroatoms. The normalized spacial score (nSPS) is 17.3. The molecule has 67 heavy (non-hydrogen) atoms. The molecule has 6 aromatic rings. The lowest BCUT2D eigenvalue weighted by atomic mass is 9.74. The van der Waals surface area contributed by atoms with Crippen molar-refractivity contribution in [3.05, 3.63) is 191 Å². The summed E-state index contributed by atoms with van der Waals surface area (Å²) in [6, 6.07) is 35.1. The first-order valence-electron chi connectivity index (χ1n) is 22.2. The van der Waals surface area contributed by atoms with Crippen molar-refractivity contribution in [2.75, 3.05) is 56.2 Å². The van der Waals surface area contributed by atoms with Crippen LogP contribution in [-0.2, 0) is 23.9 Å². The molecule has 0 unspecified atom stereocenters. The van der Waals surface area contributed by atoms with E-state index < -0.39 is 0 Å². The maximum absolute atomic E-state index is 14.3. The van der Waals surface area contributed by atoms with E-state index in [2.05, 4.69) is 9.80 Å². The van der Waals surface area contributed by atoms with Crippen molar-refractivity contribution in [3.8, 4) is 5.75 Å². The van der Waals surface area contributed by atoms with E-state index in [1.807, 2.05) is 41.3 Å². The summed E-state index contributed by atoms with van der Waals surface area (Å²) in [4.78, 5) is 35.2. The lowest BCUT2D eigenvalue weighted by Crippen LogP contribution is -2.45. The second-order valence-electron chi connectivity index (χ2n) is 17.9. The Morgan fingerprint density at radius 2 is 1.00 bits per heavy atom. The van der Waals surface area contributed by atoms with Crippen LogP contribution in [0.3, 0.4) is 0 Å². The van der Waals surface area contributed by atoms with Gasteiger partial charge in [-0.15, -0.1) is 0 Å². The van der Waals surface area contributed by atoms with Gasteiger partial charge in [0.1, 0.15) is 17.4 Å². The molecule has 0 saturated carbocycles. The first kappa shape index (κ1) is 47.4. The van der Waals surface area contributed by atoms with E-state index in [0.29, 0.717) is 55.1 Å². The Bertz CT molecular complexity index is 2830. The van der Waals surface area contributed by atoms with E-state index >= 15 is 0 Å². The predicted octanol–water partition coefficient (Wildman–Crippen LogP) is 13.3. The summed E-state index contributed by atoms with van der Waals surface area (Å²) in [6.45, 7) is 5.99. The first-order valence-corrected chi connectivity index (χ1v) is 24.1. The van der Waals surface area contributed by atoms with Crippen molar-refractivity contribution in [1.29, 1.82) is 0 Å². The molecule has 2 spiro atoms. The highest BCUT2D eigenvalue weighted by molar-refractivity contribution is 6.42. The Hall–Kier alpha value is -4.71. The van der Waals surface area contributed by atoms with Gasteiger partial charge in [0.15, 0.2) is 0 Å². The molecule has 6 aromatic carbocycles. The largest absolute Gasteiger partial charge is 0.497 e. The lowest BCUT2D eigenvalue weighted by molar-refractivity contribution is 0.0968. The summed E-state index contributed by atoms with van der Waals surface area (Å²) < 4.78 is 33.8. The number of likely N-dealkylation sites (tertiary alicyclic amines) is 2. The van der Waals surface area contributed by atoms with Crippen LogP contribution in [0.25, 0.3) is 0 Å². The van der Waals surface area contributed by atoms with Gasteiger partial charge in [-0.1, -0.05) is 82.3 Å². The van der Waals surface area contributed by atoms with Gasteiger partial charge in [0.25, 0.3) is 11.8 Å². The number of piperidine rings is 2. The number of benzene rings is 6. The third kappa shape index (κ3) is 9.80. The molecule has 0 aromatic heterocycles. The zero-order valence-electron chi connectivity index (χ0n) is 36.7. The topological polar surface area (TPSA) is 56.3 Å². The van der Waals surface area contributed by atoms with E-state index in [1.54, 1.807) is 84.8 Å². The number of hydrogen-bond donors (Lipinski definition) is 0. The monoisotopic (exact) mass is 1000 g/mol. The minimum Gasteiger partial charge on any atom is -0.497 e. The van der Waals surface area contributed by atoms with Crippen LogP contribution in [0.15, 0.2) is 121 Å². The fourth-order valence-electron chi connectivity index (χ4n) is 10.2. The smallest absolute Gasteiger partial charge is 0.259 e. The molecule has 0 radical (unpaired) electrons. The molecule has 4 aliphatic heterocycles.